The SMILES string of the molecule is Cc1ccc2c(N3CCN(C4CC=C(c5ccc6c(c5)NC(=O)CO6)CC4)CC3)cccc2n1. The van der Waals surface area contributed by atoms with E-state index in [0.29, 0.717) is 6.04 Å². The van der Waals surface area contributed by atoms with Crippen molar-refractivity contribution >= 4 is 33.8 Å². The molecule has 1 aromatic heterocycles. The number of benzene rings is 2. The molecule has 1 saturated heterocycles. The number of rotatable bonds is 3. The number of aryl methyl sites for hydroxylation is 1. The first kappa shape index (κ1) is 21.2. The normalized spacial score (nSPS) is 21.0. The third kappa shape index (κ3) is 4.03. The highest BCUT2D eigenvalue weighted by molar-refractivity contribution is 5.96. The summed E-state index contributed by atoms with van der Waals surface area (Å²) in [5.41, 5.74) is 6.79. The Kier molecular flexibility index (Phi) is 5.46. The fourth-order valence-electron chi connectivity index (χ4n) is 5.54. The molecule has 6 rings (SSSR count). The molecular formula is C28H30N4O2. The predicted molar refractivity (Wildman–Crippen MR) is 136 cm³/mol. The topological polar surface area (TPSA) is 57.7 Å². The van der Waals surface area contributed by atoms with Crippen LogP contribution in [-0.4, -0.2) is 54.6 Å². The fourth-order valence-corrected chi connectivity index (χ4v) is 5.54. The molecule has 0 saturated carbocycles. The number of amides is 1. The van der Waals surface area contributed by atoms with Gasteiger partial charge in [0.1, 0.15) is 5.75 Å². The highest BCUT2D eigenvalue weighted by Gasteiger charge is 2.27. The maximum atomic E-state index is 11.7. The second-order valence-corrected chi connectivity index (χ2v) is 9.52. The number of hydrogen-bond acceptors (Lipinski definition) is 5. The first-order valence-corrected chi connectivity index (χ1v) is 12.3. The molecular weight excluding hydrogens is 424 g/mol. The van der Waals surface area contributed by atoms with Gasteiger partial charge in [0, 0.05) is 49.0 Å². The third-order valence-electron chi connectivity index (χ3n) is 7.39. The molecule has 1 amide bonds. The zero-order chi connectivity index (χ0) is 23.1. The zero-order valence-corrected chi connectivity index (χ0v) is 19.6. The highest BCUT2D eigenvalue weighted by Crippen LogP contribution is 2.35. The van der Waals surface area contributed by atoms with Crippen molar-refractivity contribution in [2.45, 2.75) is 32.2 Å². The van der Waals surface area contributed by atoms with Gasteiger partial charge in [0.05, 0.1) is 11.2 Å². The van der Waals surface area contributed by atoms with Crippen LogP contribution in [0.1, 0.15) is 30.5 Å². The first-order valence-electron chi connectivity index (χ1n) is 12.3. The minimum Gasteiger partial charge on any atom is -0.482 e. The lowest BCUT2D eigenvalue weighted by Gasteiger charge is -2.41. The van der Waals surface area contributed by atoms with E-state index in [-0.39, 0.29) is 12.5 Å². The van der Waals surface area contributed by atoms with E-state index >= 15 is 0 Å². The van der Waals surface area contributed by atoms with Crippen molar-refractivity contribution in [3.8, 4) is 5.75 Å². The van der Waals surface area contributed by atoms with Gasteiger partial charge >= 0.3 is 0 Å². The molecule has 0 bridgehead atoms. The summed E-state index contributed by atoms with van der Waals surface area (Å²) in [6, 6.07) is 17.5. The van der Waals surface area contributed by atoms with E-state index in [4.69, 9.17) is 9.72 Å². The fraction of sp³-hybridized carbons (Fsp3) is 0.357. The number of carbonyl (C=O) groups excluding carboxylic acids is 1. The Morgan fingerprint density at radius 2 is 1.94 bits per heavy atom. The van der Waals surface area contributed by atoms with Gasteiger partial charge < -0.3 is 15.0 Å². The number of allylic oxidation sites excluding steroid dienone is 1. The zero-order valence-electron chi connectivity index (χ0n) is 19.6. The Bertz CT molecular complexity index is 1280. The summed E-state index contributed by atoms with van der Waals surface area (Å²) in [4.78, 5) is 21.6. The van der Waals surface area contributed by atoms with Gasteiger partial charge in [-0.25, -0.2) is 0 Å². The maximum absolute atomic E-state index is 11.7. The molecule has 0 radical (unpaired) electrons. The molecule has 1 unspecified atom stereocenters. The Morgan fingerprint density at radius 3 is 2.76 bits per heavy atom. The van der Waals surface area contributed by atoms with Crippen molar-refractivity contribution in [2.24, 2.45) is 0 Å². The number of anilines is 2. The lowest BCUT2D eigenvalue weighted by molar-refractivity contribution is -0.118. The molecule has 1 aliphatic carbocycles. The number of nitrogens with zero attached hydrogens (tertiary/aromatic N) is 3. The summed E-state index contributed by atoms with van der Waals surface area (Å²) in [6.07, 6.45) is 5.70. The second-order valence-electron chi connectivity index (χ2n) is 9.52. The van der Waals surface area contributed by atoms with Gasteiger partial charge in [0.2, 0.25) is 0 Å². The summed E-state index contributed by atoms with van der Waals surface area (Å²) >= 11 is 0. The summed E-state index contributed by atoms with van der Waals surface area (Å²) in [5, 5.41) is 4.17. The van der Waals surface area contributed by atoms with Crippen molar-refractivity contribution in [1.82, 2.24) is 9.88 Å². The number of hydrogen-bond donors (Lipinski definition) is 1. The van der Waals surface area contributed by atoms with Crippen LogP contribution in [0.5, 0.6) is 5.75 Å². The van der Waals surface area contributed by atoms with Crippen molar-refractivity contribution < 1.29 is 9.53 Å². The van der Waals surface area contributed by atoms with Crippen molar-refractivity contribution in [2.75, 3.05) is 43.0 Å². The van der Waals surface area contributed by atoms with E-state index in [1.807, 2.05) is 13.0 Å². The van der Waals surface area contributed by atoms with Crippen LogP contribution in [0.4, 0.5) is 11.4 Å². The van der Waals surface area contributed by atoms with Crippen LogP contribution in [0.3, 0.4) is 0 Å². The molecule has 0 spiro atoms. The van der Waals surface area contributed by atoms with Crippen LogP contribution in [0.15, 0.2) is 54.6 Å². The molecule has 6 nitrogen and oxygen atoms in total. The van der Waals surface area contributed by atoms with Gasteiger partial charge in [-0.05, 0) is 73.7 Å². The van der Waals surface area contributed by atoms with Gasteiger partial charge in [-0.1, -0.05) is 18.2 Å². The van der Waals surface area contributed by atoms with Crippen LogP contribution >= 0.6 is 0 Å². The maximum Gasteiger partial charge on any atom is 0.262 e. The summed E-state index contributed by atoms with van der Waals surface area (Å²) in [5.74, 6) is 0.670. The smallest absolute Gasteiger partial charge is 0.262 e. The van der Waals surface area contributed by atoms with Crippen LogP contribution in [0.2, 0.25) is 0 Å². The number of fused-ring (bicyclic) bond motifs is 2. The van der Waals surface area contributed by atoms with Gasteiger partial charge in [-0.2, -0.15) is 0 Å². The molecule has 3 aliphatic rings. The molecule has 3 aromatic rings. The molecule has 6 heteroatoms. The standard InChI is InChI=1S/C28H30N4O2/c1-19-5-11-23-24(29-19)3-2-4-26(23)32-15-13-31(14-16-32)22-9-6-20(7-10-22)21-8-12-27-25(17-21)30-28(33)18-34-27/h2-6,8,11-12,17,22H,7,9-10,13-16,18H2,1H3,(H,30,33). The molecule has 2 aliphatic heterocycles. The number of ether oxygens (including phenoxy) is 1. The molecule has 1 atom stereocenters. The van der Waals surface area contributed by atoms with E-state index < -0.39 is 0 Å². The monoisotopic (exact) mass is 454 g/mol. The van der Waals surface area contributed by atoms with Gasteiger partial charge in [-0.15, -0.1) is 0 Å². The predicted octanol–water partition coefficient (Wildman–Crippen LogP) is 4.63. The van der Waals surface area contributed by atoms with Crippen LogP contribution in [-0.2, 0) is 4.79 Å². The Labute approximate surface area is 200 Å². The largest absolute Gasteiger partial charge is 0.482 e. The van der Waals surface area contributed by atoms with Gasteiger partial charge in [0.25, 0.3) is 5.91 Å². The Morgan fingerprint density at radius 1 is 1.06 bits per heavy atom. The minimum atomic E-state index is -0.0867. The number of nitrogens with one attached hydrogen (secondary N) is 1. The lowest BCUT2D eigenvalue weighted by Crippen LogP contribution is -2.50. The molecule has 2 aromatic carbocycles. The van der Waals surface area contributed by atoms with E-state index in [1.165, 1.54) is 28.6 Å². The minimum absolute atomic E-state index is 0.0867. The Hall–Kier alpha value is -3.38. The summed E-state index contributed by atoms with van der Waals surface area (Å²) < 4.78 is 5.50. The quantitative estimate of drug-likeness (QED) is 0.625. The molecule has 174 valence electrons. The number of pyridine rings is 1. The van der Waals surface area contributed by atoms with Crippen LogP contribution in [0.25, 0.3) is 16.5 Å². The van der Waals surface area contributed by atoms with Crippen LogP contribution in [0, 0.1) is 6.92 Å². The van der Waals surface area contributed by atoms with Crippen molar-refractivity contribution in [3.05, 3.63) is 65.9 Å². The number of aromatic nitrogens is 1. The van der Waals surface area contributed by atoms with Gasteiger partial charge in [-0.3, -0.25) is 14.7 Å². The highest BCUT2D eigenvalue weighted by atomic mass is 16.5. The van der Waals surface area contributed by atoms with Crippen LogP contribution < -0.4 is 15.0 Å². The first-order chi connectivity index (χ1) is 16.6. The molecule has 1 fully saturated rings. The van der Waals surface area contributed by atoms with E-state index in [9.17, 15) is 4.79 Å². The molecule has 1 N–H and O–H groups in total. The average Bonchev–Trinajstić information content (AvgIpc) is 2.88. The third-order valence-corrected chi connectivity index (χ3v) is 7.39. The van der Waals surface area contributed by atoms with E-state index in [0.717, 1.165) is 61.7 Å². The summed E-state index contributed by atoms with van der Waals surface area (Å²) in [6.45, 7) is 6.42. The summed E-state index contributed by atoms with van der Waals surface area (Å²) in [7, 11) is 0. The average molecular weight is 455 g/mol. The molecule has 3 heterocycles. The van der Waals surface area contributed by atoms with E-state index in [2.05, 4.69) is 63.7 Å². The van der Waals surface area contributed by atoms with Gasteiger partial charge in [0.15, 0.2) is 6.61 Å². The Balaban J connectivity index is 1.10. The van der Waals surface area contributed by atoms with Crippen molar-refractivity contribution in [1.29, 1.82) is 0 Å². The molecule has 34 heavy (non-hydrogen) atoms. The van der Waals surface area contributed by atoms with Crippen molar-refractivity contribution in [3.63, 3.8) is 0 Å². The van der Waals surface area contributed by atoms with E-state index in [1.54, 1.807) is 0 Å². The second kappa shape index (κ2) is 8.76. The number of carbonyl (C=O) groups is 1. The lowest BCUT2D eigenvalue weighted by atomic mass is 9.89. The number of piperazine rings is 1.